The number of hydrogen-bond donors (Lipinski definition) is 0. The van der Waals surface area contributed by atoms with Gasteiger partial charge in [0.2, 0.25) is 0 Å². The molecule has 0 aliphatic heterocycles. The van der Waals surface area contributed by atoms with Crippen LogP contribution in [0.2, 0.25) is 18.6 Å². The monoisotopic (exact) mass is 360 g/mol. The van der Waals surface area contributed by atoms with E-state index in [1.165, 1.54) is 17.2 Å². The Kier molecular flexibility index (Phi) is 5.95. The van der Waals surface area contributed by atoms with Crippen molar-refractivity contribution in [3.05, 3.63) is 90.5 Å². The molecule has 1 atom stereocenters. The van der Waals surface area contributed by atoms with Crippen LogP contribution in [0.3, 0.4) is 0 Å². The number of hydrogen-bond acceptors (Lipinski definition) is 1. The fourth-order valence-electron chi connectivity index (χ4n) is 3.26. The Labute approximate surface area is 158 Å². The van der Waals surface area contributed by atoms with Gasteiger partial charge in [0, 0.05) is 0 Å². The Morgan fingerprint density at radius 1 is 0.769 bits per heavy atom. The summed E-state index contributed by atoms with van der Waals surface area (Å²) >= 11 is 0. The van der Waals surface area contributed by atoms with Crippen molar-refractivity contribution in [1.29, 1.82) is 0 Å². The second-order valence-electron chi connectivity index (χ2n) is 7.59. The molecule has 0 aliphatic carbocycles. The third-order valence-corrected chi connectivity index (χ3v) is 10.0. The quantitative estimate of drug-likeness (QED) is 0.442. The van der Waals surface area contributed by atoms with Gasteiger partial charge in [-0.25, -0.2) is 0 Å². The molecule has 0 saturated heterocycles. The first kappa shape index (κ1) is 18.5. The fraction of sp³-hybridized carbons (Fsp3) is 0.250. The third kappa shape index (κ3) is 4.64. The van der Waals surface area contributed by atoms with Gasteiger partial charge in [-0.1, -0.05) is 85.9 Å². The summed E-state index contributed by atoms with van der Waals surface area (Å²) in [6, 6.07) is 29.5. The molecule has 0 saturated carbocycles. The number of ether oxygens (including phenoxy) is 1. The molecule has 134 valence electrons. The van der Waals surface area contributed by atoms with Gasteiger partial charge in [0.1, 0.15) is 11.5 Å². The Hall–Kier alpha value is -2.32. The number of para-hydroxylation sites is 1. The normalized spacial score (nSPS) is 12.6. The van der Waals surface area contributed by atoms with Crippen LogP contribution in [0.25, 0.3) is 0 Å². The van der Waals surface area contributed by atoms with Gasteiger partial charge in [-0.3, -0.25) is 0 Å². The Bertz CT molecular complexity index is 812. The van der Waals surface area contributed by atoms with Gasteiger partial charge in [-0.2, -0.15) is 0 Å². The van der Waals surface area contributed by atoms with Gasteiger partial charge in [0.15, 0.2) is 0 Å². The molecule has 1 nitrogen and oxygen atoms in total. The highest BCUT2D eigenvalue weighted by molar-refractivity contribution is 6.90. The summed E-state index contributed by atoms with van der Waals surface area (Å²) in [5, 5.41) is 1.46. The van der Waals surface area contributed by atoms with Crippen molar-refractivity contribution in [2.24, 2.45) is 0 Å². The molecule has 3 aromatic rings. The van der Waals surface area contributed by atoms with Crippen molar-refractivity contribution < 1.29 is 4.74 Å². The van der Waals surface area contributed by atoms with Crippen LogP contribution in [-0.4, -0.2) is 8.07 Å². The maximum Gasteiger partial charge on any atom is 0.127 e. The summed E-state index contributed by atoms with van der Waals surface area (Å²) in [4.78, 5) is 0. The van der Waals surface area contributed by atoms with Crippen LogP contribution in [0.4, 0.5) is 0 Å². The smallest absolute Gasteiger partial charge is 0.127 e. The summed E-state index contributed by atoms with van der Waals surface area (Å²) in [6.07, 6.45) is 2.38. The van der Waals surface area contributed by atoms with E-state index >= 15 is 0 Å². The molecule has 1 unspecified atom stereocenters. The molecule has 0 spiro atoms. The molecular formula is C24H28OSi. The molecule has 0 N–H and O–H groups in total. The second-order valence-corrected chi connectivity index (χ2v) is 12.6. The van der Waals surface area contributed by atoms with Gasteiger partial charge in [-0.05, 0) is 48.2 Å². The molecule has 3 aromatic carbocycles. The van der Waals surface area contributed by atoms with Crippen LogP contribution < -0.4 is 9.92 Å². The first-order chi connectivity index (χ1) is 12.6. The average Bonchev–Trinajstić information content (AvgIpc) is 2.68. The topological polar surface area (TPSA) is 9.23 Å². The maximum absolute atomic E-state index is 6.05. The zero-order valence-corrected chi connectivity index (χ0v) is 17.0. The largest absolute Gasteiger partial charge is 0.457 e. The van der Waals surface area contributed by atoms with Crippen LogP contribution in [0.5, 0.6) is 11.5 Å². The van der Waals surface area contributed by atoms with E-state index in [2.05, 4.69) is 74.6 Å². The van der Waals surface area contributed by atoms with Crippen LogP contribution in [0.1, 0.15) is 18.9 Å². The van der Waals surface area contributed by atoms with E-state index in [9.17, 15) is 0 Å². The summed E-state index contributed by atoms with van der Waals surface area (Å²) in [5.74, 6) is 1.82. The van der Waals surface area contributed by atoms with Crippen LogP contribution in [-0.2, 0) is 6.42 Å². The molecule has 0 aromatic heterocycles. The summed E-state index contributed by atoms with van der Waals surface area (Å²) in [6.45, 7) is 7.37. The fourth-order valence-corrected chi connectivity index (χ4v) is 5.73. The van der Waals surface area contributed by atoms with E-state index in [0.29, 0.717) is 5.54 Å². The summed E-state index contributed by atoms with van der Waals surface area (Å²) in [5.41, 5.74) is 2.14. The Balaban J connectivity index is 1.70. The van der Waals surface area contributed by atoms with Gasteiger partial charge >= 0.3 is 0 Å². The zero-order valence-electron chi connectivity index (χ0n) is 16.0. The zero-order chi connectivity index (χ0) is 18.4. The van der Waals surface area contributed by atoms with Gasteiger partial charge in [-0.15, -0.1) is 0 Å². The highest BCUT2D eigenvalue weighted by atomic mass is 28.3. The van der Waals surface area contributed by atoms with Crippen molar-refractivity contribution in [3.63, 3.8) is 0 Å². The second kappa shape index (κ2) is 8.37. The van der Waals surface area contributed by atoms with E-state index in [4.69, 9.17) is 4.74 Å². The average molecular weight is 361 g/mol. The van der Waals surface area contributed by atoms with E-state index in [-0.39, 0.29) is 0 Å². The predicted molar refractivity (Wildman–Crippen MR) is 114 cm³/mol. The lowest BCUT2D eigenvalue weighted by Gasteiger charge is -2.31. The van der Waals surface area contributed by atoms with Crippen LogP contribution in [0.15, 0.2) is 84.9 Å². The number of benzene rings is 3. The lowest BCUT2D eigenvalue weighted by atomic mass is 10.1. The van der Waals surface area contributed by atoms with E-state index < -0.39 is 8.07 Å². The minimum Gasteiger partial charge on any atom is -0.457 e. The molecule has 0 heterocycles. The van der Waals surface area contributed by atoms with Crippen molar-refractivity contribution in [3.8, 4) is 11.5 Å². The van der Waals surface area contributed by atoms with E-state index in [0.717, 1.165) is 17.9 Å². The SMILES string of the molecule is CC(CCc1ccccc1)[Si](C)(C)c1cccc(Oc2ccccc2)c1. The minimum atomic E-state index is -1.57. The summed E-state index contributed by atoms with van der Waals surface area (Å²) in [7, 11) is -1.57. The van der Waals surface area contributed by atoms with Crippen molar-refractivity contribution in [2.75, 3.05) is 0 Å². The maximum atomic E-state index is 6.05. The molecule has 3 rings (SSSR count). The van der Waals surface area contributed by atoms with Gasteiger partial charge < -0.3 is 4.74 Å². The first-order valence-corrected chi connectivity index (χ1v) is 12.5. The van der Waals surface area contributed by atoms with Crippen molar-refractivity contribution >= 4 is 13.3 Å². The first-order valence-electron chi connectivity index (χ1n) is 9.43. The van der Waals surface area contributed by atoms with Crippen molar-refractivity contribution in [2.45, 2.75) is 38.4 Å². The third-order valence-electron chi connectivity index (χ3n) is 5.50. The molecule has 0 amide bonds. The number of aryl methyl sites for hydroxylation is 1. The van der Waals surface area contributed by atoms with Gasteiger partial charge in [0.05, 0.1) is 8.07 Å². The number of rotatable bonds is 7. The van der Waals surface area contributed by atoms with Crippen molar-refractivity contribution in [1.82, 2.24) is 0 Å². The standard InChI is InChI=1S/C24H28OSi/c1-20(17-18-21-11-6-4-7-12-21)26(2,3)24-16-10-15-23(19-24)25-22-13-8-5-9-14-22/h4-16,19-20H,17-18H2,1-3H3. The van der Waals surface area contributed by atoms with E-state index in [1.54, 1.807) is 0 Å². The Morgan fingerprint density at radius 2 is 1.38 bits per heavy atom. The Morgan fingerprint density at radius 3 is 2.08 bits per heavy atom. The molecule has 26 heavy (non-hydrogen) atoms. The lowest BCUT2D eigenvalue weighted by Crippen LogP contribution is -2.45. The predicted octanol–water partition coefficient (Wildman–Crippen LogP) is 6.42. The van der Waals surface area contributed by atoms with Gasteiger partial charge in [0.25, 0.3) is 0 Å². The molecule has 0 radical (unpaired) electrons. The minimum absolute atomic E-state index is 0.703. The van der Waals surface area contributed by atoms with Crippen LogP contribution in [0, 0.1) is 0 Å². The molecular weight excluding hydrogens is 332 g/mol. The summed E-state index contributed by atoms with van der Waals surface area (Å²) < 4.78 is 6.05. The van der Waals surface area contributed by atoms with E-state index in [1.807, 2.05) is 30.3 Å². The molecule has 0 fully saturated rings. The molecule has 0 aliphatic rings. The van der Waals surface area contributed by atoms with Crippen LogP contribution >= 0.6 is 0 Å². The highest BCUT2D eigenvalue weighted by Gasteiger charge is 2.30. The molecule has 2 heteroatoms. The highest BCUT2D eigenvalue weighted by Crippen LogP contribution is 2.28. The molecule has 0 bridgehead atoms. The lowest BCUT2D eigenvalue weighted by molar-refractivity contribution is 0.483.